The standard InChI is InChI=1S/C10H12N4O4/c1-6-10(11-15)13(16)9-7(12(6)2)4-3-5-8(9)14(17)18/h4-6,15H,3H2,1-2H3. The zero-order valence-corrected chi connectivity index (χ0v) is 9.90. The molecule has 0 bridgehead atoms. The van der Waals surface area contributed by atoms with Crippen molar-refractivity contribution in [3.8, 4) is 0 Å². The van der Waals surface area contributed by atoms with E-state index in [2.05, 4.69) is 5.16 Å². The predicted molar refractivity (Wildman–Crippen MR) is 62.9 cm³/mol. The summed E-state index contributed by atoms with van der Waals surface area (Å²) in [7, 11) is 1.69. The van der Waals surface area contributed by atoms with Crippen LogP contribution in [0.15, 0.2) is 28.7 Å². The average Bonchev–Trinajstić information content (AvgIpc) is 2.36. The zero-order chi connectivity index (χ0) is 13.4. The fourth-order valence-electron chi connectivity index (χ4n) is 2.08. The lowest BCUT2D eigenvalue weighted by Crippen LogP contribution is -2.50. The van der Waals surface area contributed by atoms with Crippen molar-refractivity contribution in [2.75, 3.05) is 7.05 Å². The van der Waals surface area contributed by atoms with Gasteiger partial charge in [-0.25, -0.2) is 4.74 Å². The Morgan fingerprint density at radius 1 is 1.61 bits per heavy atom. The first kappa shape index (κ1) is 12.1. The normalized spacial score (nSPS) is 25.8. The highest BCUT2D eigenvalue weighted by Crippen LogP contribution is 2.25. The largest absolute Gasteiger partial charge is 0.710 e. The third kappa shape index (κ3) is 1.53. The SMILES string of the molecule is CC1C(=NO)[N+]([O-])=C2C(=CCC=C2[N+](=O)[O-])N1C. The molecule has 1 unspecified atom stereocenters. The molecule has 2 aliphatic rings. The van der Waals surface area contributed by atoms with E-state index in [1.165, 1.54) is 6.08 Å². The van der Waals surface area contributed by atoms with Gasteiger partial charge in [-0.3, -0.25) is 10.1 Å². The average molecular weight is 252 g/mol. The summed E-state index contributed by atoms with van der Waals surface area (Å²) in [6, 6.07) is -0.450. The minimum absolute atomic E-state index is 0.0837. The summed E-state index contributed by atoms with van der Waals surface area (Å²) in [5.74, 6) is -0.167. The van der Waals surface area contributed by atoms with Gasteiger partial charge in [0.2, 0.25) is 5.71 Å². The van der Waals surface area contributed by atoms with Crippen LogP contribution in [0.25, 0.3) is 0 Å². The highest BCUT2D eigenvalue weighted by molar-refractivity contribution is 6.12. The van der Waals surface area contributed by atoms with Crippen LogP contribution in [0.3, 0.4) is 0 Å². The van der Waals surface area contributed by atoms with Gasteiger partial charge in [0.1, 0.15) is 11.2 Å². The maximum atomic E-state index is 12.0. The molecule has 0 spiro atoms. The first-order valence-corrected chi connectivity index (χ1v) is 5.33. The van der Waals surface area contributed by atoms with Crippen molar-refractivity contribution in [2.24, 2.45) is 5.16 Å². The topological polar surface area (TPSA) is 105 Å². The van der Waals surface area contributed by atoms with Gasteiger partial charge in [0.25, 0.3) is 0 Å². The van der Waals surface area contributed by atoms with E-state index in [4.69, 9.17) is 5.21 Å². The Morgan fingerprint density at radius 3 is 2.83 bits per heavy atom. The van der Waals surface area contributed by atoms with E-state index in [1.54, 1.807) is 24.9 Å². The fourth-order valence-corrected chi connectivity index (χ4v) is 2.08. The second-order valence-electron chi connectivity index (χ2n) is 4.06. The molecule has 18 heavy (non-hydrogen) atoms. The second-order valence-corrected chi connectivity index (χ2v) is 4.06. The molecule has 8 heteroatoms. The number of amidine groups is 1. The summed E-state index contributed by atoms with van der Waals surface area (Å²) in [6.07, 6.45) is 3.49. The number of hydrogen-bond donors (Lipinski definition) is 1. The van der Waals surface area contributed by atoms with Crippen LogP contribution in [0.2, 0.25) is 0 Å². The molecule has 1 aliphatic carbocycles. The molecule has 0 aromatic rings. The van der Waals surface area contributed by atoms with E-state index >= 15 is 0 Å². The molecular formula is C10H12N4O4. The smallest absolute Gasteiger partial charge is 0.371 e. The van der Waals surface area contributed by atoms with Crippen molar-refractivity contribution in [3.05, 3.63) is 38.9 Å². The van der Waals surface area contributed by atoms with E-state index in [1.807, 2.05) is 0 Å². The van der Waals surface area contributed by atoms with Gasteiger partial charge in [-0.1, -0.05) is 6.08 Å². The Labute approximate surface area is 103 Å². The maximum Gasteiger partial charge on any atom is 0.371 e. The summed E-state index contributed by atoms with van der Waals surface area (Å²) in [5.41, 5.74) is 0.140. The number of oxime groups is 1. The Bertz CT molecular complexity index is 532. The maximum absolute atomic E-state index is 12.0. The number of nitro groups is 1. The highest BCUT2D eigenvalue weighted by Gasteiger charge is 2.42. The molecule has 0 saturated carbocycles. The molecule has 0 amide bonds. The van der Waals surface area contributed by atoms with Crippen molar-refractivity contribution in [1.29, 1.82) is 0 Å². The lowest BCUT2D eigenvalue weighted by Gasteiger charge is -2.34. The van der Waals surface area contributed by atoms with Crippen LogP contribution in [-0.4, -0.2) is 44.4 Å². The van der Waals surface area contributed by atoms with Gasteiger partial charge in [-0.2, -0.15) is 0 Å². The van der Waals surface area contributed by atoms with Gasteiger partial charge >= 0.3 is 11.5 Å². The lowest BCUT2D eigenvalue weighted by atomic mass is 10.0. The summed E-state index contributed by atoms with van der Waals surface area (Å²) < 4.78 is 0.324. The van der Waals surface area contributed by atoms with Gasteiger partial charge in [0, 0.05) is 13.1 Å². The number of rotatable bonds is 1. The Hall–Kier alpha value is -2.38. The lowest BCUT2D eigenvalue weighted by molar-refractivity contribution is -0.427. The van der Waals surface area contributed by atoms with Crippen molar-refractivity contribution >= 4 is 11.5 Å². The Balaban J connectivity index is 2.66. The Morgan fingerprint density at radius 2 is 2.28 bits per heavy atom. The number of fused-ring (bicyclic) bond motifs is 1. The van der Waals surface area contributed by atoms with Crippen molar-refractivity contribution in [2.45, 2.75) is 19.4 Å². The summed E-state index contributed by atoms with van der Waals surface area (Å²) in [5, 5.41) is 34.8. The summed E-state index contributed by atoms with van der Waals surface area (Å²) in [6.45, 7) is 1.68. The minimum Gasteiger partial charge on any atom is -0.710 e. The highest BCUT2D eigenvalue weighted by atomic mass is 16.6. The molecule has 0 aromatic carbocycles. The number of nitrogens with zero attached hydrogens (tertiary/aromatic N) is 4. The van der Waals surface area contributed by atoms with E-state index in [0.717, 1.165) is 0 Å². The first-order chi connectivity index (χ1) is 8.49. The number of hydrogen-bond acceptors (Lipinski definition) is 6. The van der Waals surface area contributed by atoms with E-state index < -0.39 is 11.0 Å². The third-order valence-corrected chi connectivity index (χ3v) is 3.15. The van der Waals surface area contributed by atoms with Crippen LogP contribution in [0.5, 0.6) is 0 Å². The third-order valence-electron chi connectivity index (χ3n) is 3.15. The van der Waals surface area contributed by atoms with Crippen LogP contribution in [-0.2, 0) is 0 Å². The quantitative estimate of drug-likeness (QED) is 0.240. The van der Waals surface area contributed by atoms with Gasteiger partial charge < -0.3 is 15.3 Å². The van der Waals surface area contributed by atoms with Gasteiger partial charge in [0.05, 0.1) is 10.6 Å². The molecule has 1 heterocycles. The van der Waals surface area contributed by atoms with Gasteiger partial charge in [0.15, 0.2) is 0 Å². The predicted octanol–water partition coefficient (Wildman–Crippen LogP) is 0.508. The fraction of sp³-hybridized carbons (Fsp3) is 0.400. The van der Waals surface area contributed by atoms with Crippen molar-refractivity contribution in [1.82, 2.24) is 4.90 Å². The molecule has 1 atom stereocenters. The summed E-state index contributed by atoms with van der Waals surface area (Å²) in [4.78, 5) is 12.0. The van der Waals surface area contributed by atoms with Crippen molar-refractivity contribution in [3.63, 3.8) is 0 Å². The van der Waals surface area contributed by atoms with Crippen LogP contribution in [0.1, 0.15) is 13.3 Å². The van der Waals surface area contributed by atoms with Crippen LogP contribution < -0.4 is 0 Å². The second kappa shape index (κ2) is 4.13. The minimum atomic E-state index is -0.605. The van der Waals surface area contributed by atoms with Gasteiger partial charge in [-0.15, -0.1) is 0 Å². The van der Waals surface area contributed by atoms with Crippen LogP contribution in [0.4, 0.5) is 0 Å². The first-order valence-electron chi connectivity index (χ1n) is 5.33. The molecule has 0 radical (unpaired) electrons. The van der Waals surface area contributed by atoms with E-state index in [9.17, 15) is 15.3 Å². The van der Waals surface area contributed by atoms with Crippen LogP contribution in [0, 0.1) is 15.3 Å². The molecule has 0 fully saturated rings. The van der Waals surface area contributed by atoms with E-state index in [0.29, 0.717) is 16.9 Å². The Kier molecular flexibility index (Phi) is 2.77. The zero-order valence-electron chi connectivity index (χ0n) is 9.90. The summed E-state index contributed by atoms with van der Waals surface area (Å²) >= 11 is 0. The van der Waals surface area contributed by atoms with E-state index in [-0.39, 0.29) is 17.2 Å². The molecule has 0 aromatic heterocycles. The molecule has 1 aliphatic heterocycles. The number of allylic oxidation sites excluding steroid dienone is 2. The molecule has 8 nitrogen and oxygen atoms in total. The molecule has 1 N–H and O–H groups in total. The molecule has 2 rings (SSSR count). The number of likely N-dealkylation sites (N-methyl/N-ethyl adjacent to an activating group) is 1. The van der Waals surface area contributed by atoms with Crippen LogP contribution >= 0.6 is 0 Å². The molecule has 0 saturated heterocycles. The van der Waals surface area contributed by atoms with Gasteiger partial charge in [-0.05, 0) is 13.3 Å². The monoisotopic (exact) mass is 252 g/mol. The number of hydroxylamine groups is 1. The van der Waals surface area contributed by atoms with Crippen molar-refractivity contribution < 1.29 is 14.9 Å². The molecular weight excluding hydrogens is 240 g/mol. The molecule has 96 valence electrons.